The van der Waals surface area contributed by atoms with E-state index in [1.54, 1.807) is 43.3 Å². The molecule has 1 aromatic heterocycles. The standard InChI is InChI=1S/C23H22N2O6/c1-5-25(16-10-7-6-8-11-16)23(29)20-21(31-15(3)27)19-17(24(4)22(20)28)12-9-13-18(19)30-14(2)26/h6-13H,5H2,1-4H3. The Morgan fingerprint density at radius 1 is 0.935 bits per heavy atom. The molecule has 2 aromatic carbocycles. The van der Waals surface area contributed by atoms with Gasteiger partial charge < -0.3 is 18.9 Å². The maximum atomic E-state index is 13.5. The number of hydrogen-bond donors (Lipinski definition) is 0. The third kappa shape index (κ3) is 4.18. The normalized spacial score (nSPS) is 10.6. The Morgan fingerprint density at radius 2 is 1.58 bits per heavy atom. The molecule has 0 saturated carbocycles. The van der Waals surface area contributed by atoms with Gasteiger partial charge in [0.05, 0.1) is 10.9 Å². The molecule has 31 heavy (non-hydrogen) atoms. The Hall–Kier alpha value is -3.94. The van der Waals surface area contributed by atoms with Gasteiger partial charge in [-0.3, -0.25) is 19.2 Å². The summed E-state index contributed by atoms with van der Waals surface area (Å²) < 4.78 is 11.9. The van der Waals surface area contributed by atoms with Gasteiger partial charge in [0.1, 0.15) is 11.3 Å². The predicted molar refractivity (Wildman–Crippen MR) is 116 cm³/mol. The van der Waals surface area contributed by atoms with Crippen LogP contribution in [0.4, 0.5) is 5.69 Å². The van der Waals surface area contributed by atoms with E-state index in [9.17, 15) is 19.2 Å². The van der Waals surface area contributed by atoms with Crippen LogP contribution < -0.4 is 19.9 Å². The van der Waals surface area contributed by atoms with Crippen molar-refractivity contribution in [1.29, 1.82) is 0 Å². The SMILES string of the molecule is CCN(C(=O)c1c(OC(C)=O)c2c(OC(C)=O)cccc2n(C)c1=O)c1ccccc1. The molecule has 3 rings (SSSR count). The average Bonchev–Trinajstić information content (AvgIpc) is 2.72. The van der Waals surface area contributed by atoms with Crippen molar-refractivity contribution < 1.29 is 23.9 Å². The van der Waals surface area contributed by atoms with Gasteiger partial charge in [0, 0.05) is 33.1 Å². The van der Waals surface area contributed by atoms with Gasteiger partial charge in [-0.05, 0) is 31.2 Å². The van der Waals surface area contributed by atoms with Crippen molar-refractivity contribution in [3.63, 3.8) is 0 Å². The number of benzene rings is 2. The quantitative estimate of drug-likeness (QED) is 0.463. The molecule has 160 valence electrons. The Bertz CT molecular complexity index is 1230. The van der Waals surface area contributed by atoms with E-state index in [4.69, 9.17) is 9.47 Å². The highest BCUT2D eigenvalue weighted by Crippen LogP contribution is 2.36. The minimum absolute atomic E-state index is 0.0775. The lowest BCUT2D eigenvalue weighted by Gasteiger charge is -2.23. The summed E-state index contributed by atoms with van der Waals surface area (Å²) in [4.78, 5) is 51.7. The number of carbonyl (C=O) groups excluding carboxylic acids is 3. The molecule has 0 aliphatic heterocycles. The molecule has 0 aliphatic carbocycles. The number of rotatable bonds is 5. The number of aryl methyl sites for hydroxylation is 1. The number of ether oxygens (including phenoxy) is 2. The summed E-state index contributed by atoms with van der Waals surface area (Å²) in [5.41, 5.74) is -0.0304. The zero-order valence-corrected chi connectivity index (χ0v) is 17.7. The molecule has 0 aliphatic rings. The van der Waals surface area contributed by atoms with E-state index in [-0.39, 0.29) is 29.0 Å². The zero-order valence-electron chi connectivity index (χ0n) is 17.7. The number of anilines is 1. The molecule has 0 spiro atoms. The third-order valence-electron chi connectivity index (χ3n) is 4.68. The number of fused-ring (bicyclic) bond motifs is 1. The highest BCUT2D eigenvalue weighted by atomic mass is 16.5. The number of nitrogens with zero attached hydrogens (tertiary/aromatic N) is 2. The van der Waals surface area contributed by atoms with E-state index in [0.29, 0.717) is 11.2 Å². The number of carbonyl (C=O) groups is 3. The first-order valence-corrected chi connectivity index (χ1v) is 9.65. The molecule has 0 unspecified atom stereocenters. The van der Waals surface area contributed by atoms with Crippen molar-refractivity contribution in [3.8, 4) is 11.5 Å². The summed E-state index contributed by atoms with van der Waals surface area (Å²) in [5, 5.41) is 0.183. The fourth-order valence-electron chi connectivity index (χ4n) is 3.39. The summed E-state index contributed by atoms with van der Waals surface area (Å²) in [5.74, 6) is -2.10. The van der Waals surface area contributed by atoms with Crippen molar-refractivity contribution in [2.75, 3.05) is 11.4 Å². The molecule has 1 heterocycles. The van der Waals surface area contributed by atoms with Crippen molar-refractivity contribution >= 4 is 34.4 Å². The lowest BCUT2D eigenvalue weighted by atomic mass is 10.1. The van der Waals surface area contributed by atoms with E-state index in [0.717, 1.165) is 0 Å². The molecule has 3 aromatic rings. The van der Waals surface area contributed by atoms with Crippen molar-refractivity contribution in [2.45, 2.75) is 20.8 Å². The van der Waals surface area contributed by atoms with Crippen LogP contribution in [0, 0.1) is 0 Å². The van der Waals surface area contributed by atoms with Gasteiger partial charge in [-0.2, -0.15) is 0 Å². The summed E-state index contributed by atoms with van der Waals surface area (Å²) >= 11 is 0. The van der Waals surface area contributed by atoms with Gasteiger partial charge in [0.2, 0.25) is 0 Å². The van der Waals surface area contributed by atoms with Gasteiger partial charge in [-0.15, -0.1) is 0 Å². The molecule has 0 bridgehead atoms. The van der Waals surface area contributed by atoms with Gasteiger partial charge in [0.25, 0.3) is 11.5 Å². The van der Waals surface area contributed by atoms with Crippen molar-refractivity contribution in [3.05, 3.63) is 64.4 Å². The Balaban J connectivity index is 2.38. The molecule has 0 atom stereocenters. The van der Waals surface area contributed by atoms with Crippen molar-refractivity contribution in [2.24, 2.45) is 7.05 Å². The van der Waals surface area contributed by atoms with E-state index >= 15 is 0 Å². The Morgan fingerprint density at radius 3 is 2.16 bits per heavy atom. The molecule has 1 amide bonds. The Kier molecular flexibility index (Phi) is 6.20. The predicted octanol–water partition coefficient (Wildman–Crippen LogP) is 3.06. The van der Waals surface area contributed by atoms with Crippen LogP contribution in [-0.4, -0.2) is 29.0 Å². The molecule has 0 radical (unpaired) electrons. The molecule has 0 N–H and O–H groups in total. The summed E-state index contributed by atoms with van der Waals surface area (Å²) in [6.07, 6.45) is 0. The van der Waals surface area contributed by atoms with Gasteiger partial charge in [-0.25, -0.2) is 0 Å². The third-order valence-corrected chi connectivity index (χ3v) is 4.68. The smallest absolute Gasteiger partial charge is 0.308 e. The maximum absolute atomic E-state index is 13.5. The lowest BCUT2D eigenvalue weighted by Crippen LogP contribution is -2.37. The first-order chi connectivity index (χ1) is 14.8. The monoisotopic (exact) mass is 422 g/mol. The van der Waals surface area contributed by atoms with Crippen LogP contribution >= 0.6 is 0 Å². The van der Waals surface area contributed by atoms with Gasteiger partial charge in [-0.1, -0.05) is 24.3 Å². The maximum Gasteiger partial charge on any atom is 0.308 e. The number of amides is 1. The number of hydrogen-bond acceptors (Lipinski definition) is 6. The van der Waals surface area contributed by atoms with E-state index in [1.165, 1.54) is 36.4 Å². The topological polar surface area (TPSA) is 94.9 Å². The van der Waals surface area contributed by atoms with Crippen LogP contribution in [0.1, 0.15) is 31.1 Å². The summed E-state index contributed by atoms with van der Waals surface area (Å²) in [6, 6.07) is 13.6. The molecule has 0 fully saturated rings. The molecular formula is C23H22N2O6. The minimum Gasteiger partial charge on any atom is -0.426 e. The zero-order chi connectivity index (χ0) is 22.7. The van der Waals surface area contributed by atoms with Gasteiger partial charge >= 0.3 is 11.9 Å². The highest BCUT2D eigenvalue weighted by Gasteiger charge is 2.29. The molecule has 8 heteroatoms. The van der Waals surface area contributed by atoms with Crippen LogP contribution in [0.25, 0.3) is 10.9 Å². The lowest BCUT2D eigenvalue weighted by molar-refractivity contribution is -0.132. The second-order valence-corrected chi connectivity index (χ2v) is 6.79. The van der Waals surface area contributed by atoms with Crippen LogP contribution in [0.15, 0.2) is 53.3 Å². The molecule has 0 saturated heterocycles. The van der Waals surface area contributed by atoms with E-state index in [2.05, 4.69) is 0 Å². The van der Waals surface area contributed by atoms with Gasteiger partial charge in [0.15, 0.2) is 5.75 Å². The highest BCUT2D eigenvalue weighted by molar-refractivity contribution is 6.12. The Labute approximate surface area is 178 Å². The van der Waals surface area contributed by atoms with Crippen molar-refractivity contribution in [1.82, 2.24) is 4.57 Å². The fraction of sp³-hybridized carbons (Fsp3) is 0.217. The first kappa shape index (κ1) is 21.8. The average molecular weight is 422 g/mol. The largest absolute Gasteiger partial charge is 0.426 e. The number of esters is 2. The van der Waals surface area contributed by atoms with Crippen LogP contribution in [0.3, 0.4) is 0 Å². The number of para-hydroxylation sites is 1. The molecule has 8 nitrogen and oxygen atoms in total. The molecular weight excluding hydrogens is 400 g/mol. The summed E-state index contributed by atoms with van der Waals surface area (Å²) in [6.45, 7) is 4.44. The van der Waals surface area contributed by atoms with Crippen LogP contribution in [0.5, 0.6) is 11.5 Å². The first-order valence-electron chi connectivity index (χ1n) is 9.65. The van der Waals surface area contributed by atoms with Crippen LogP contribution in [-0.2, 0) is 16.6 Å². The van der Waals surface area contributed by atoms with E-state index < -0.39 is 23.4 Å². The summed E-state index contributed by atoms with van der Waals surface area (Å²) in [7, 11) is 1.50. The second-order valence-electron chi connectivity index (χ2n) is 6.79. The van der Waals surface area contributed by atoms with Crippen LogP contribution in [0.2, 0.25) is 0 Å². The van der Waals surface area contributed by atoms with E-state index in [1.807, 2.05) is 6.07 Å². The fourth-order valence-corrected chi connectivity index (χ4v) is 3.39. The number of aromatic nitrogens is 1. The second kappa shape index (κ2) is 8.83. The minimum atomic E-state index is -0.719. The number of pyridine rings is 1.